The summed E-state index contributed by atoms with van der Waals surface area (Å²) in [6, 6.07) is 7.44. The molecular weight excluding hydrogens is 312 g/mol. The highest BCUT2D eigenvalue weighted by atomic mass is 32.1. The van der Waals surface area contributed by atoms with Gasteiger partial charge in [0.15, 0.2) is 11.5 Å². The van der Waals surface area contributed by atoms with Crippen LogP contribution in [0.25, 0.3) is 0 Å². The van der Waals surface area contributed by atoms with Crippen molar-refractivity contribution in [2.45, 2.75) is 32.4 Å². The van der Waals surface area contributed by atoms with Gasteiger partial charge in [-0.1, -0.05) is 25.5 Å². The van der Waals surface area contributed by atoms with Crippen LogP contribution < -0.4 is 9.47 Å². The molecule has 0 bridgehead atoms. The minimum atomic E-state index is -0.596. The Labute approximate surface area is 139 Å². The molecule has 0 aliphatic carbocycles. The summed E-state index contributed by atoms with van der Waals surface area (Å²) in [6.07, 6.45) is 3.16. The molecule has 1 aromatic heterocycles. The second-order valence-electron chi connectivity index (χ2n) is 5.40. The Morgan fingerprint density at radius 1 is 1.39 bits per heavy atom. The first kappa shape index (κ1) is 15.8. The van der Waals surface area contributed by atoms with Crippen molar-refractivity contribution in [2.24, 2.45) is 0 Å². The van der Waals surface area contributed by atoms with E-state index >= 15 is 0 Å². The number of hydrogen-bond donors (Lipinski definition) is 0. The highest BCUT2D eigenvalue weighted by Gasteiger charge is 2.31. The summed E-state index contributed by atoms with van der Waals surface area (Å²) in [7, 11) is 0. The van der Waals surface area contributed by atoms with Gasteiger partial charge in [-0.05, 0) is 18.6 Å². The number of aromatic nitrogens is 1. The third-order valence-electron chi connectivity index (χ3n) is 3.69. The summed E-state index contributed by atoms with van der Waals surface area (Å²) in [5.41, 5.74) is 0. The van der Waals surface area contributed by atoms with E-state index in [4.69, 9.17) is 9.47 Å². The molecule has 1 aliphatic heterocycles. The molecule has 6 heteroatoms. The number of amides is 1. The first-order valence-corrected chi connectivity index (χ1v) is 8.71. The third-order valence-corrected chi connectivity index (χ3v) is 4.45. The summed E-state index contributed by atoms with van der Waals surface area (Å²) in [4.78, 5) is 18.9. The number of fused-ring (bicyclic) bond motifs is 1. The second-order valence-corrected chi connectivity index (χ2v) is 6.38. The molecule has 1 atom stereocenters. The number of unbranched alkanes of at least 4 members (excludes halogenated alkanes) is 1. The van der Waals surface area contributed by atoms with Crippen molar-refractivity contribution < 1.29 is 14.3 Å². The zero-order chi connectivity index (χ0) is 16.1. The number of benzene rings is 1. The molecular formula is C17H20N2O3S. The zero-order valence-corrected chi connectivity index (χ0v) is 13.9. The van der Waals surface area contributed by atoms with Crippen molar-refractivity contribution in [3.8, 4) is 11.5 Å². The van der Waals surface area contributed by atoms with E-state index in [1.165, 1.54) is 0 Å². The van der Waals surface area contributed by atoms with E-state index < -0.39 is 6.10 Å². The molecule has 1 aromatic carbocycles. The Kier molecular flexibility index (Phi) is 5.12. The maximum atomic E-state index is 12.8. The van der Waals surface area contributed by atoms with Crippen molar-refractivity contribution >= 4 is 17.2 Å². The SMILES string of the molecule is CCCCN(Cc1nccs1)C(=O)[C@H]1COc2ccccc2O1. The van der Waals surface area contributed by atoms with Crippen LogP contribution in [-0.4, -0.2) is 35.0 Å². The number of nitrogens with zero attached hydrogens (tertiary/aromatic N) is 2. The molecule has 2 aromatic rings. The Bertz CT molecular complexity index is 645. The fourth-order valence-electron chi connectivity index (χ4n) is 2.46. The largest absolute Gasteiger partial charge is 0.485 e. The van der Waals surface area contributed by atoms with Gasteiger partial charge >= 0.3 is 0 Å². The predicted octanol–water partition coefficient (Wildman–Crippen LogP) is 3.11. The number of carbonyl (C=O) groups is 1. The quantitative estimate of drug-likeness (QED) is 0.815. The van der Waals surface area contributed by atoms with E-state index in [1.54, 1.807) is 17.5 Å². The number of ether oxygens (including phenoxy) is 2. The van der Waals surface area contributed by atoms with Gasteiger partial charge in [-0.3, -0.25) is 4.79 Å². The van der Waals surface area contributed by atoms with Gasteiger partial charge in [0, 0.05) is 18.1 Å². The van der Waals surface area contributed by atoms with Gasteiger partial charge in [-0.25, -0.2) is 4.98 Å². The minimum Gasteiger partial charge on any atom is -0.485 e. The predicted molar refractivity (Wildman–Crippen MR) is 88.8 cm³/mol. The first-order chi connectivity index (χ1) is 11.3. The maximum Gasteiger partial charge on any atom is 0.267 e. The number of hydrogen-bond acceptors (Lipinski definition) is 5. The van der Waals surface area contributed by atoms with E-state index in [-0.39, 0.29) is 12.5 Å². The van der Waals surface area contributed by atoms with Gasteiger partial charge < -0.3 is 14.4 Å². The molecule has 0 N–H and O–H groups in total. The monoisotopic (exact) mass is 332 g/mol. The molecule has 1 aliphatic rings. The van der Waals surface area contributed by atoms with Crippen molar-refractivity contribution in [3.05, 3.63) is 40.8 Å². The van der Waals surface area contributed by atoms with Crippen LogP contribution in [0.2, 0.25) is 0 Å². The van der Waals surface area contributed by atoms with Gasteiger partial charge in [0.1, 0.15) is 11.6 Å². The zero-order valence-electron chi connectivity index (χ0n) is 13.1. The highest BCUT2D eigenvalue weighted by Crippen LogP contribution is 2.31. The number of para-hydroxylation sites is 2. The summed E-state index contributed by atoms with van der Waals surface area (Å²) in [6.45, 7) is 3.59. The standard InChI is InChI=1S/C17H20N2O3S/c1-2-3-9-19(11-16-18-8-10-23-16)17(20)15-12-21-13-6-4-5-7-14(13)22-15/h4-8,10,15H,2-3,9,11-12H2,1H3/t15-/m1/s1. The lowest BCUT2D eigenvalue weighted by Crippen LogP contribution is -2.46. The Balaban J connectivity index is 1.70. The molecule has 122 valence electrons. The van der Waals surface area contributed by atoms with Gasteiger partial charge in [0.2, 0.25) is 6.10 Å². The number of rotatable bonds is 6. The van der Waals surface area contributed by atoms with Gasteiger partial charge in [-0.15, -0.1) is 11.3 Å². The van der Waals surface area contributed by atoms with Gasteiger partial charge in [-0.2, -0.15) is 0 Å². The molecule has 23 heavy (non-hydrogen) atoms. The molecule has 3 rings (SSSR count). The van der Waals surface area contributed by atoms with E-state index in [0.29, 0.717) is 24.6 Å². The molecule has 2 heterocycles. The molecule has 0 spiro atoms. The van der Waals surface area contributed by atoms with Gasteiger partial charge in [0.25, 0.3) is 5.91 Å². The summed E-state index contributed by atoms with van der Waals surface area (Å²) in [5.74, 6) is 1.28. The van der Waals surface area contributed by atoms with E-state index in [9.17, 15) is 4.79 Å². The Morgan fingerprint density at radius 2 is 2.22 bits per heavy atom. The fraction of sp³-hybridized carbons (Fsp3) is 0.412. The number of thiazole rings is 1. The summed E-state index contributed by atoms with van der Waals surface area (Å²) in [5, 5.41) is 2.86. The van der Waals surface area contributed by atoms with Crippen LogP contribution in [0.1, 0.15) is 24.8 Å². The minimum absolute atomic E-state index is 0.0387. The van der Waals surface area contributed by atoms with Crippen LogP contribution in [0, 0.1) is 0 Å². The number of carbonyl (C=O) groups excluding carboxylic acids is 1. The molecule has 0 fully saturated rings. The van der Waals surface area contributed by atoms with E-state index in [1.807, 2.05) is 34.5 Å². The lowest BCUT2D eigenvalue weighted by Gasteiger charge is -2.30. The van der Waals surface area contributed by atoms with Crippen LogP contribution >= 0.6 is 11.3 Å². The van der Waals surface area contributed by atoms with Crippen molar-refractivity contribution in [3.63, 3.8) is 0 Å². The average Bonchev–Trinajstić information content (AvgIpc) is 3.10. The van der Waals surface area contributed by atoms with Gasteiger partial charge in [0.05, 0.1) is 6.54 Å². The van der Waals surface area contributed by atoms with Crippen molar-refractivity contribution in [2.75, 3.05) is 13.2 Å². The highest BCUT2D eigenvalue weighted by molar-refractivity contribution is 7.09. The smallest absolute Gasteiger partial charge is 0.267 e. The van der Waals surface area contributed by atoms with E-state index in [0.717, 1.165) is 17.8 Å². The van der Waals surface area contributed by atoms with Crippen LogP contribution in [0.3, 0.4) is 0 Å². The molecule has 0 radical (unpaired) electrons. The summed E-state index contributed by atoms with van der Waals surface area (Å²) >= 11 is 1.56. The maximum absolute atomic E-state index is 12.8. The second kappa shape index (κ2) is 7.46. The first-order valence-electron chi connectivity index (χ1n) is 7.83. The third kappa shape index (κ3) is 3.82. The average molecular weight is 332 g/mol. The Hall–Kier alpha value is -2.08. The molecule has 1 amide bonds. The van der Waals surface area contributed by atoms with Crippen LogP contribution in [0.5, 0.6) is 11.5 Å². The van der Waals surface area contributed by atoms with Crippen molar-refractivity contribution in [1.29, 1.82) is 0 Å². The van der Waals surface area contributed by atoms with Crippen LogP contribution in [-0.2, 0) is 11.3 Å². The Morgan fingerprint density at radius 3 is 2.96 bits per heavy atom. The normalized spacial score (nSPS) is 16.1. The fourth-order valence-corrected chi connectivity index (χ4v) is 3.09. The van der Waals surface area contributed by atoms with Crippen LogP contribution in [0.4, 0.5) is 0 Å². The van der Waals surface area contributed by atoms with E-state index in [2.05, 4.69) is 11.9 Å². The molecule has 0 saturated carbocycles. The van der Waals surface area contributed by atoms with Crippen molar-refractivity contribution in [1.82, 2.24) is 9.88 Å². The topological polar surface area (TPSA) is 51.7 Å². The lowest BCUT2D eigenvalue weighted by molar-refractivity contribution is -0.142. The van der Waals surface area contributed by atoms with Crippen LogP contribution in [0.15, 0.2) is 35.8 Å². The molecule has 5 nitrogen and oxygen atoms in total. The summed E-state index contributed by atoms with van der Waals surface area (Å²) < 4.78 is 11.5. The molecule has 0 unspecified atom stereocenters. The molecule has 0 saturated heterocycles. The lowest BCUT2D eigenvalue weighted by atomic mass is 10.2.